The number of amides is 1. The normalized spacial score (nSPS) is 10.9. The average molecular weight is 353 g/mol. The lowest BCUT2D eigenvalue weighted by atomic mass is 10.2. The maximum absolute atomic E-state index is 13.0. The van der Waals surface area contributed by atoms with Crippen LogP contribution in [0.15, 0.2) is 59.1 Å². The van der Waals surface area contributed by atoms with E-state index in [4.69, 9.17) is 4.42 Å². The van der Waals surface area contributed by atoms with Crippen LogP contribution in [0.25, 0.3) is 11.3 Å². The Labute approximate surface area is 151 Å². The number of anilines is 1. The number of aromatic nitrogens is 1. The second-order valence-electron chi connectivity index (χ2n) is 6.21. The van der Waals surface area contributed by atoms with E-state index in [2.05, 4.69) is 10.3 Å². The quantitative estimate of drug-likeness (QED) is 0.731. The third-order valence-corrected chi connectivity index (χ3v) is 3.84. The van der Waals surface area contributed by atoms with Crippen LogP contribution in [-0.2, 0) is 11.3 Å². The fourth-order valence-electron chi connectivity index (χ4n) is 2.50. The number of nitrogens with zero attached hydrogens (tertiary/aromatic N) is 2. The summed E-state index contributed by atoms with van der Waals surface area (Å²) in [6.07, 6.45) is 1.60. The van der Waals surface area contributed by atoms with Crippen LogP contribution in [0, 0.1) is 12.7 Å². The molecular formula is C20H20FN3O2. The predicted octanol–water partition coefficient (Wildman–Crippen LogP) is 3.86. The molecule has 0 aliphatic rings. The van der Waals surface area contributed by atoms with Crippen LogP contribution in [-0.4, -0.2) is 29.4 Å². The van der Waals surface area contributed by atoms with Crippen LogP contribution in [0.2, 0.25) is 0 Å². The molecule has 26 heavy (non-hydrogen) atoms. The Morgan fingerprint density at radius 1 is 1.15 bits per heavy atom. The van der Waals surface area contributed by atoms with Crippen LogP contribution in [0.4, 0.5) is 10.1 Å². The van der Waals surface area contributed by atoms with Gasteiger partial charge in [0, 0.05) is 11.3 Å². The lowest BCUT2D eigenvalue weighted by molar-refractivity contribution is -0.117. The molecule has 1 heterocycles. The molecule has 5 nitrogen and oxygen atoms in total. The first-order chi connectivity index (χ1) is 12.5. The predicted molar refractivity (Wildman–Crippen MR) is 98.0 cm³/mol. The van der Waals surface area contributed by atoms with Crippen molar-refractivity contribution >= 4 is 11.6 Å². The molecule has 0 aliphatic carbocycles. The molecule has 0 bridgehead atoms. The number of hydrogen-bond acceptors (Lipinski definition) is 4. The Balaban J connectivity index is 1.54. The number of aryl methyl sites for hydroxylation is 1. The number of halogens is 1. The molecule has 1 N–H and O–H groups in total. The number of rotatable bonds is 6. The summed E-state index contributed by atoms with van der Waals surface area (Å²) in [6, 6.07) is 13.7. The van der Waals surface area contributed by atoms with Gasteiger partial charge in [-0.1, -0.05) is 17.7 Å². The molecule has 3 aromatic rings. The monoisotopic (exact) mass is 353 g/mol. The first kappa shape index (κ1) is 17.8. The minimum Gasteiger partial charge on any atom is -0.439 e. The van der Waals surface area contributed by atoms with Crippen LogP contribution < -0.4 is 5.32 Å². The van der Waals surface area contributed by atoms with Gasteiger partial charge < -0.3 is 9.73 Å². The number of likely N-dealkylation sites (N-methyl/N-ethyl adjacent to an activating group) is 1. The summed E-state index contributed by atoms with van der Waals surface area (Å²) in [6.45, 7) is 2.60. The molecule has 0 radical (unpaired) electrons. The molecule has 0 saturated heterocycles. The van der Waals surface area contributed by atoms with Gasteiger partial charge in [-0.25, -0.2) is 9.37 Å². The van der Waals surface area contributed by atoms with Gasteiger partial charge >= 0.3 is 0 Å². The van der Waals surface area contributed by atoms with Crippen molar-refractivity contribution in [1.29, 1.82) is 0 Å². The Morgan fingerprint density at radius 3 is 2.54 bits per heavy atom. The van der Waals surface area contributed by atoms with E-state index in [0.717, 1.165) is 16.8 Å². The molecule has 0 unspecified atom stereocenters. The fraction of sp³-hybridized carbons (Fsp3) is 0.200. The molecule has 1 aromatic heterocycles. The maximum Gasteiger partial charge on any atom is 0.238 e. The second kappa shape index (κ2) is 7.93. The molecule has 0 aliphatic heterocycles. The Hall–Kier alpha value is -2.99. The van der Waals surface area contributed by atoms with Gasteiger partial charge in [0.2, 0.25) is 11.8 Å². The summed E-state index contributed by atoms with van der Waals surface area (Å²) < 4.78 is 18.7. The van der Waals surface area contributed by atoms with E-state index >= 15 is 0 Å². The van der Waals surface area contributed by atoms with E-state index in [-0.39, 0.29) is 18.3 Å². The third-order valence-electron chi connectivity index (χ3n) is 3.84. The van der Waals surface area contributed by atoms with E-state index in [1.54, 1.807) is 18.3 Å². The van der Waals surface area contributed by atoms with Gasteiger partial charge in [0.15, 0.2) is 5.76 Å². The van der Waals surface area contributed by atoms with Crippen LogP contribution in [0.1, 0.15) is 11.5 Å². The van der Waals surface area contributed by atoms with Crippen molar-refractivity contribution in [3.8, 4) is 11.3 Å². The summed E-state index contributed by atoms with van der Waals surface area (Å²) in [5, 5.41) is 2.86. The second-order valence-corrected chi connectivity index (χ2v) is 6.21. The molecular weight excluding hydrogens is 333 g/mol. The van der Waals surface area contributed by atoms with Crippen molar-refractivity contribution < 1.29 is 13.6 Å². The minimum atomic E-state index is -0.298. The number of carbonyl (C=O) groups is 1. The lowest BCUT2D eigenvalue weighted by Gasteiger charge is -2.14. The highest BCUT2D eigenvalue weighted by atomic mass is 19.1. The summed E-state index contributed by atoms with van der Waals surface area (Å²) in [5.74, 6) is 0.655. The molecule has 0 saturated carbocycles. The van der Waals surface area contributed by atoms with E-state index in [9.17, 15) is 9.18 Å². The molecule has 0 fully saturated rings. The van der Waals surface area contributed by atoms with Crippen molar-refractivity contribution in [2.24, 2.45) is 0 Å². The van der Waals surface area contributed by atoms with Gasteiger partial charge in [-0.15, -0.1) is 0 Å². The van der Waals surface area contributed by atoms with Crippen molar-refractivity contribution in [3.05, 3.63) is 72.0 Å². The zero-order valence-corrected chi connectivity index (χ0v) is 14.7. The summed E-state index contributed by atoms with van der Waals surface area (Å²) >= 11 is 0. The molecule has 1 amide bonds. The minimum absolute atomic E-state index is 0.110. The van der Waals surface area contributed by atoms with Crippen molar-refractivity contribution in [2.45, 2.75) is 13.5 Å². The topological polar surface area (TPSA) is 58.4 Å². The van der Waals surface area contributed by atoms with E-state index in [1.807, 2.05) is 43.1 Å². The molecule has 134 valence electrons. The SMILES string of the molecule is Cc1ccc(NC(=O)CN(C)Cc2ncc(-c3ccc(F)cc3)o2)cc1. The first-order valence-electron chi connectivity index (χ1n) is 8.25. The summed E-state index contributed by atoms with van der Waals surface area (Å²) in [5.41, 5.74) is 2.66. The Kier molecular flexibility index (Phi) is 5.43. The Morgan fingerprint density at radius 2 is 1.85 bits per heavy atom. The van der Waals surface area contributed by atoms with Gasteiger partial charge in [0.05, 0.1) is 19.3 Å². The average Bonchev–Trinajstić information content (AvgIpc) is 3.05. The van der Waals surface area contributed by atoms with Gasteiger partial charge in [0.1, 0.15) is 5.82 Å². The van der Waals surface area contributed by atoms with Gasteiger partial charge in [-0.2, -0.15) is 0 Å². The van der Waals surface area contributed by atoms with Crippen LogP contribution >= 0.6 is 0 Å². The fourth-order valence-corrected chi connectivity index (χ4v) is 2.50. The van der Waals surface area contributed by atoms with E-state index < -0.39 is 0 Å². The number of carbonyl (C=O) groups excluding carboxylic acids is 1. The van der Waals surface area contributed by atoms with E-state index in [1.165, 1.54) is 12.1 Å². The Bertz CT molecular complexity index is 873. The highest BCUT2D eigenvalue weighted by Gasteiger charge is 2.12. The van der Waals surface area contributed by atoms with Crippen LogP contribution in [0.5, 0.6) is 0 Å². The smallest absolute Gasteiger partial charge is 0.238 e. The number of oxazole rings is 1. The summed E-state index contributed by atoms with van der Waals surface area (Å²) in [7, 11) is 1.82. The standard InChI is InChI=1S/C20H20FN3O2/c1-14-3-9-17(10-4-14)23-19(25)12-24(2)13-20-22-11-18(26-20)15-5-7-16(21)8-6-15/h3-11H,12-13H2,1-2H3,(H,23,25). The number of benzene rings is 2. The van der Waals surface area contributed by atoms with Crippen molar-refractivity contribution in [1.82, 2.24) is 9.88 Å². The van der Waals surface area contributed by atoms with Gasteiger partial charge in [0.25, 0.3) is 0 Å². The molecule has 3 rings (SSSR count). The largest absolute Gasteiger partial charge is 0.439 e. The van der Waals surface area contributed by atoms with Crippen LogP contribution in [0.3, 0.4) is 0 Å². The zero-order valence-electron chi connectivity index (χ0n) is 14.7. The van der Waals surface area contributed by atoms with Crippen molar-refractivity contribution in [3.63, 3.8) is 0 Å². The van der Waals surface area contributed by atoms with Gasteiger partial charge in [-0.05, 0) is 50.4 Å². The zero-order chi connectivity index (χ0) is 18.5. The van der Waals surface area contributed by atoms with E-state index in [0.29, 0.717) is 18.2 Å². The highest BCUT2D eigenvalue weighted by molar-refractivity contribution is 5.92. The molecule has 2 aromatic carbocycles. The number of nitrogens with one attached hydrogen (secondary N) is 1. The van der Waals surface area contributed by atoms with Crippen molar-refractivity contribution in [2.75, 3.05) is 18.9 Å². The molecule has 6 heteroatoms. The lowest BCUT2D eigenvalue weighted by Crippen LogP contribution is -2.29. The molecule has 0 spiro atoms. The maximum atomic E-state index is 13.0. The third kappa shape index (κ3) is 4.77. The highest BCUT2D eigenvalue weighted by Crippen LogP contribution is 2.21. The number of hydrogen-bond donors (Lipinski definition) is 1. The van der Waals surface area contributed by atoms with Gasteiger partial charge in [-0.3, -0.25) is 9.69 Å². The molecule has 0 atom stereocenters. The first-order valence-corrected chi connectivity index (χ1v) is 8.25. The summed E-state index contributed by atoms with van der Waals surface area (Å²) in [4.78, 5) is 18.1.